The number of fused-ring (bicyclic) bond motifs is 4. The molecule has 1 aliphatic carbocycles. The van der Waals surface area contributed by atoms with Gasteiger partial charge in [-0.3, -0.25) is 9.59 Å². The van der Waals surface area contributed by atoms with Crippen molar-refractivity contribution in [3.05, 3.63) is 58.7 Å². The summed E-state index contributed by atoms with van der Waals surface area (Å²) in [5.41, 5.74) is 5.80. The molecule has 3 N–H and O–H groups in total. The molecule has 0 atom stereocenters. The summed E-state index contributed by atoms with van der Waals surface area (Å²) in [4.78, 5) is 28.8. The highest BCUT2D eigenvalue weighted by atomic mass is 32.2. The third-order valence-electron chi connectivity index (χ3n) is 8.63. The van der Waals surface area contributed by atoms with Gasteiger partial charge in [-0.1, -0.05) is 25.3 Å². The van der Waals surface area contributed by atoms with Gasteiger partial charge in [0.1, 0.15) is 5.75 Å². The van der Waals surface area contributed by atoms with Crippen molar-refractivity contribution >= 4 is 39.0 Å². The van der Waals surface area contributed by atoms with Crippen LogP contribution in [0, 0.1) is 0 Å². The molecule has 3 aliphatic rings. The number of rotatable bonds is 2. The Hall–Kier alpha value is -3.67. The number of carbonyl (C=O) groups is 2. The maximum atomic E-state index is 13.6. The van der Waals surface area contributed by atoms with E-state index in [1.807, 2.05) is 36.2 Å². The van der Waals surface area contributed by atoms with Crippen molar-refractivity contribution < 1.29 is 22.7 Å². The third-order valence-corrected chi connectivity index (χ3v) is 9.67. The van der Waals surface area contributed by atoms with Gasteiger partial charge in [0.15, 0.2) is 0 Å². The Kier molecular flexibility index (Phi) is 7.82. The van der Waals surface area contributed by atoms with Crippen LogP contribution in [0.15, 0.2) is 42.0 Å². The van der Waals surface area contributed by atoms with Crippen LogP contribution in [0.4, 0.5) is 0 Å². The Morgan fingerprint density at radius 1 is 0.952 bits per heavy atom. The van der Waals surface area contributed by atoms with E-state index in [1.54, 1.807) is 19.2 Å². The summed E-state index contributed by atoms with van der Waals surface area (Å²) in [6.07, 6.45) is 7.60. The lowest BCUT2D eigenvalue weighted by atomic mass is 9.81. The first-order valence-electron chi connectivity index (χ1n) is 14.6. The third kappa shape index (κ3) is 5.56. The molecule has 4 bridgehead atoms. The van der Waals surface area contributed by atoms with Crippen LogP contribution in [0.2, 0.25) is 0 Å². The summed E-state index contributed by atoms with van der Waals surface area (Å²) in [6, 6.07) is 11.3. The Morgan fingerprint density at radius 2 is 1.74 bits per heavy atom. The van der Waals surface area contributed by atoms with Crippen molar-refractivity contribution in [1.82, 2.24) is 24.2 Å². The van der Waals surface area contributed by atoms with Gasteiger partial charge in [0.25, 0.3) is 5.91 Å². The number of amides is 2. The lowest BCUT2D eigenvalue weighted by Gasteiger charge is -2.24. The molecular formula is C31H37N5O5S. The molecule has 1 saturated carbocycles. The van der Waals surface area contributed by atoms with Crippen molar-refractivity contribution in [1.29, 1.82) is 0 Å². The smallest absolute Gasteiger partial charge is 0.301 e. The second-order valence-corrected chi connectivity index (χ2v) is 12.9. The summed E-state index contributed by atoms with van der Waals surface area (Å²) < 4.78 is 37.6. The molecule has 42 heavy (non-hydrogen) atoms. The van der Waals surface area contributed by atoms with Gasteiger partial charge < -0.3 is 19.5 Å². The van der Waals surface area contributed by atoms with E-state index >= 15 is 0 Å². The van der Waals surface area contributed by atoms with Gasteiger partial charge in [-0.2, -0.15) is 13.1 Å². The maximum absolute atomic E-state index is 13.6. The van der Waals surface area contributed by atoms with Crippen molar-refractivity contribution in [3.63, 3.8) is 0 Å². The van der Waals surface area contributed by atoms with E-state index < -0.39 is 16.1 Å². The van der Waals surface area contributed by atoms with Crippen molar-refractivity contribution in [2.24, 2.45) is 0 Å². The van der Waals surface area contributed by atoms with Crippen LogP contribution >= 0.6 is 0 Å². The van der Waals surface area contributed by atoms with Crippen molar-refractivity contribution in [3.8, 4) is 17.0 Å². The summed E-state index contributed by atoms with van der Waals surface area (Å²) in [7, 11) is -0.573. The molecule has 0 spiro atoms. The maximum Gasteiger partial charge on any atom is 0.301 e. The first kappa shape index (κ1) is 28.4. The molecule has 222 valence electrons. The fraction of sp³-hybridized carbons (Fsp3) is 0.419. The Bertz CT molecular complexity index is 1690. The van der Waals surface area contributed by atoms with Crippen LogP contribution in [-0.4, -0.2) is 70.0 Å². The van der Waals surface area contributed by atoms with E-state index in [0.29, 0.717) is 43.4 Å². The molecule has 2 aromatic carbocycles. The Labute approximate surface area is 246 Å². The van der Waals surface area contributed by atoms with Gasteiger partial charge in [-0.25, -0.2) is 4.72 Å². The van der Waals surface area contributed by atoms with Gasteiger partial charge in [0, 0.05) is 53.8 Å². The van der Waals surface area contributed by atoms with Crippen LogP contribution in [0.3, 0.4) is 0 Å². The highest BCUT2D eigenvalue weighted by Gasteiger charge is 2.31. The summed E-state index contributed by atoms with van der Waals surface area (Å²) in [5, 5.41) is 4.08. The average Bonchev–Trinajstić information content (AvgIpc) is 3.18. The van der Waals surface area contributed by atoms with E-state index in [0.717, 1.165) is 53.4 Å². The average molecular weight is 592 g/mol. The van der Waals surface area contributed by atoms with Crippen LogP contribution in [0.5, 0.6) is 5.75 Å². The van der Waals surface area contributed by atoms with E-state index in [4.69, 9.17) is 4.74 Å². The largest absolute Gasteiger partial charge is 0.497 e. The van der Waals surface area contributed by atoms with E-state index in [-0.39, 0.29) is 18.0 Å². The van der Waals surface area contributed by atoms with Crippen LogP contribution in [0.25, 0.3) is 28.2 Å². The number of likely N-dealkylation sites (N-methyl/N-ethyl adjacent to an activating group) is 1. The normalized spacial score (nSPS) is 20.4. The van der Waals surface area contributed by atoms with E-state index in [9.17, 15) is 18.0 Å². The zero-order valence-corrected chi connectivity index (χ0v) is 24.9. The topological polar surface area (TPSA) is 122 Å². The molecule has 11 heteroatoms. The number of methoxy groups -OCH3 is 1. The lowest BCUT2D eigenvalue weighted by Crippen LogP contribution is -2.43. The number of hydrogen-bond acceptors (Lipinski definition) is 6. The molecule has 1 aromatic heterocycles. The number of hydrogen-bond donors (Lipinski definition) is 3. The first-order valence-corrected chi connectivity index (χ1v) is 16.1. The standard InChI is InChI=1S/C31H37N5O5S/c1-35-14-12-32-30(37)23-16-22-17-24(41-2)9-11-25(22)29-28(20-6-4-3-5-7-20)26-10-8-21(18-27(26)36(29)19-23)31(38)34-42(39,40)33-13-15-35/h8-11,16-18,20,33H,3-7,12-15,19H2,1-2H3,(H,32,37)(H,34,38). The summed E-state index contributed by atoms with van der Waals surface area (Å²) in [6.45, 7) is 1.77. The zero-order valence-electron chi connectivity index (χ0n) is 24.0. The quantitative estimate of drug-likeness (QED) is 0.420. The molecule has 1 fully saturated rings. The van der Waals surface area contributed by atoms with Gasteiger partial charge in [-0.15, -0.1) is 0 Å². The van der Waals surface area contributed by atoms with Gasteiger partial charge >= 0.3 is 10.2 Å². The number of nitrogens with zero attached hydrogens (tertiary/aromatic N) is 2. The molecule has 2 aliphatic heterocycles. The molecule has 3 heterocycles. The minimum absolute atomic E-state index is 0.118. The van der Waals surface area contributed by atoms with Crippen molar-refractivity contribution in [2.75, 3.05) is 40.3 Å². The molecule has 2 amide bonds. The van der Waals surface area contributed by atoms with Crippen LogP contribution in [0.1, 0.15) is 59.5 Å². The number of ether oxygens (including phenoxy) is 1. The van der Waals surface area contributed by atoms with E-state index in [1.165, 1.54) is 12.0 Å². The monoisotopic (exact) mass is 591 g/mol. The second kappa shape index (κ2) is 11.5. The number of benzene rings is 2. The second-order valence-electron chi connectivity index (χ2n) is 11.4. The summed E-state index contributed by atoms with van der Waals surface area (Å²) in [5.74, 6) is 0.174. The van der Waals surface area contributed by atoms with Crippen molar-refractivity contribution in [2.45, 2.75) is 44.6 Å². The van der Waals surface area contributed by atoms with Gasteiger partial charge in [0.05, 0.1) is 19.3 Å². The predicted molar refractivity (Wildman–Crippen MR) is 163 cm³/mol. The molecule has 0 saturated heterocycles. The highest BCUT2D eigenvalue weighted by molar-refractivity contribution is 7.88. The molecule has 0 radical (unpaired) electrons. The van der Waals surface area contributed by atoms with E-state index in [2.05, 4.69) is 25.4 Å². The lowest BCUT2D eigenvalue weighted by molar-refractivity contribution is -0.117. The molecule has 0 unspecified atom stereocenters. The Morgan fingerprint density at radius 3 is 2.52 bits per heavy atom. The molecule has 10 nitrogen and oxygen atoms in total. The minimum Gasteiger partial charge on any atom is -0.497 e. The molecular weight excluding hydrogens is 554 g/mol. The van der Waals surface area contributed by atoms with Gasteiger partial charge in [-0.05, 0) is 73.3 Å². The van der Waals surface area contributed by atoms with Crippen LogP contribution in [-0.2, 0) is 21.5 Å². The fourth-order valence-corrected chi connectivity index (χ4v) is 7.29. The predicted octanol–water partition coefficient (Wildman–Crippen LogP) is 3.39. The number of nitrogens with one attached hydrogen (secondary N) is 3. The number of aromatic nitrogens is 1. The SMILES string of the molecule is COc1ccc2c(c1)C=C1Cn3c-2c(C2CCCCC2)c2ccc(cc23)C(=O)NS(=O)(=O)NCCN(C)CCNC1=O. The minimum atomic E-state index is -4.05. The summed E-state index contributed by atoms with van der Waals surface area (Å²) >= 11 is 0. The zero-order chi connectivity index (χ0) is 29.4. The Balaban J connectivity index is 1.58. The van der Waals surface area contributed by atoms with Crippen LogP contribution < -0.4 is 19.5 Å². The fourth-order valence-electron chi connectivity index (χ4n) is 6.49. The molecule has 3 aromatic rings. The molecule has 6 rings (SSSR count). The van der Waals surface area contributed by atoms with Gasteiger partial charge in [0.2, 0.25) is 5.91 Å². The first-order chi connectivity index (χ1) is 20.2. The highest BCUT2D eigenvalue weighted by Crippen LogP contribution is 2.47. The number of carbonyl (C=O) groups excluding carboxylic acids is 2.